The Hall–Kier alpha value is -1.96. The first kappa shape index (κ1) is 23.7. The minimum atomic E-state index is -0.546. The van der Waals surface area contributed by atoms with Crippen LogP contribution >= 0.6 is 0 Å². The van der Waals surface area contributed by atoms with Crippen LogP contribution in [0.25, 0.3) is 0 Å². The number of amides is 1. The van der Waals surface area contributed by atoms with Gasteiger partial charge in [0.1, 0.15) is 5.60 Å². The molecule has 1 unspecified atom stereocenters. The molecule has 1 aromatic rings. The quantitative estimate of drug-likeness (QED) is 0.567. The van der Waals surface area contributed by atoms with E-state index in [4.69, 9.17) is 14.0 Å². The maximum Gasteiger partial charge on any atom is 0.307 e. The third-order valence-electron chi connectivity index (χ3n) is 6.00. The van der Waals surface area contributed by atoms with Gasteiger partial charge in [-0.25, -0.2) is 0 Å². The lowest BCUT2D eigenvalue weighted by atomic mass is 9.84. The molecule has 1 aliphatic heterocycles. The van der Waals surface area contributed by atoms with Gasteiger partial charge in [-0.3, -0.25) is 9.59 Å². The van der Waals surface area contributed by atoms with Crippen LogP contribution < -0.4 is 0 Å². The van der Waals surface area contributed by atoms with Crippen LogP contribution in [0, 0.1) is 5.92 Å². The minimum Gasteiger partial charge on any atom is -0.460 e. The fourth-order valence-corrected chi connectivity index (χ4v) is 4.42. The summed E-state index contributed by atoms with van der Waals surface area (Å²) in [5.41, 5.74) is -0.546. The van der Waals surface area contributed by atoms with Gasteiger partial charge in [0.15, 0.2) is 0 Å². The Morgan fingerprint density at radius 1 is 1.16 bits per heavy atom. The lowest BCUT2D eigenvalue weighted by molar-refractivity contribution is -0.155. The third kappa shape index (κ3) is 7.59. The van der Waals surface area contributed by atoms with Crippen LogP contribution in [0.2, 0.25) is 0 Å². The first-order chi connectivity index (χ1) is 14.8. The summed E-state index contributed by atoms with van der Waals surface area (Å²) in [5.74, 6) is 0.407. The molecule has 0 aromatic carbocycles. The van der Waals surface area contributed by atoms with Gasteiger partial charge in [0.2, 0.25) is 5.89 Å². The number of carbonyl (C=O) groups excluding carboxylic acids is 2. The van der Waals surface area contributed by atoms with Crippen LogP contribution in [0.4, 0.5) is 0 Å². The Kier molecular flexibility index (Phi) is 8.46. The van der Waals surface area contributed by atoms with Crippen LogP contribution in [0.3, 0.4) is 0 Å². The van der Waals surface area contributed by atoms with E-state index in [2.05, 4.69) is 10.1 Å². The molecule has 31 heavy (non-hydrogen) atoms. The third-order valence-corrected chi connectivity index (χ3v) is 6.00. The zero-order valence-corrected chi connectivity index (χ0v) is 19.2. The largest absolute Gasteiger partial charge is 0.460 e. The molecule has 2 aliphatic rings. The summed E-state index contributed by atoms with van der Waals surface area (Å²) in [6, 6.07) is 0. The molecule has 174 valence electrons. The van der Waals surface area contributed by atoms with Crippen molar-refractivity contribution in [2.45, 2.75) is 90.1 Å². The molecule has 1 aromatic heterocycles. The SMILES string of the molecule is CC(C)(C)OC(=O)CC(CCCC1CCCCC1)c1nc(C(=O)N2CCOCC2)no1. The van der Waals surface area contributed by atoms with Crippen molar-refractivity contribution in [1.29, 1.82) is 0 Å². The molecule has 2 heterocycles. The van der Waals surface area contributed by atoms with E-state index in [0.717, 1.165) is 25.2 Å². The molecule has 2 fully saturated rings. The number of morpholine rings is 1. The number of rotatable bonds is 8. The zero-order chi connectivity index (χ0) is 22.3. The Bertz CT molecular complexity index is 715. The summed E-state index contributed by atoms with van der Waals surface area (Å²) in [5, 5.41) is 3.92. The molecule has 1 atom stereocenters. The fourth-order valence-electron chi connectivity index (χ4n) is 4.42. The lowest BCUT2D eigenvalue weighted by Gasteiger charge is -2.25. The number of carbonyl (C=O) groups is 2. The highest BCUT2D eigenvalue weighted by Crippen LogP contribution is 2.31. The Morgan fingerprint density at radius 2 is 1.87 bits per heavy atom. The van der Waals surface area contributed by atoms with Gasteiger partial charge in [-0.05, 0) is 33.1 Å². The second-order valence-corrected chi connectivity index (χ2v) is 9.78. The van der Waals surface area contributed by atoms with E-state index in [9.17, 15) is 9.59 Å². The zero-order valence-electron chi connectivity index (χ0n) is 19.2. The molecule has 0 spiro atoms. The molecular weight excluding hydrogens is 398 g/mol. The molecular formula is C23H37N3O5. The average Bonchev–Trinajstić information content (AvgIpc) is 3.23. The number of nitrogens with zero attached hydrogens (tertiary/aromatic N) is 3. The molecule has 0 bridgehead atoms. The normalized spacial score (nSPS) is 19.3. The number of esters is 1. The van der Waals surface area contributed by atoms with E-state index in [-0.39, 0.29) is 30.0 Å². The van der Waals surface area contributed by atoms with Gasteiger partial charge in [0.05, 0.1) is 19.6 Å². The number of hydrogen-bond acceptors (Lipinski definition) is 7. The van der Waals surface area contributed by atoms with Gasteiger partial charge in [0.25, 0.3) is 11.7 Å². The van der Waals surface area contributed by atoms with Crippen LogP contribution in [0.1, 0.15) is 101 Å². The predicted octanol–water partition coefficient (Wildman–Crippen LogP) is 4.11. The summed E-state index contributed by atoms with van der Waals surface area (Å²) in [4.78, 5) is 31.2. The summed E-state index contributed by atoms with van der Waals surface area (Å²) >= 11 is 0. The maximum absolute atomic E-state index is 12.7. The Balaban J connectivity index is 1.63. The Labute approximate surface area is 185 Å². The van der Waals surface area contributed by atoms with Crippen molar-refractivity contribution in [2.24, 2.45) is 5.92 Å². The molecule has 1 aliphatic carbocycles. The molecule has 8 nitrogen and oxygen atoms in total. The lowest BCUT2D eigenvalue weighted by Crippen LogP contribution is -2.41. The van der Waals surface area contributed by atoms with Crippen molar-refractivity contribution >= 4 is 11.9 Å². The number of hydrogen-bond donors (Lipinski definition) is 0. The van der Waals surface area contributed by atoms with Gasteiger partial charge in [-0.1, -0.05) is 50.1 Å². The van der Waals surface area contributed by atoms with E-state index < -0.39 is 5.60 Å². The highest BCUT2D eigenvalue weighted by atomic mass is 16.6. The molecule has 0 N–H and O–H groups in total. The maximum atomic E-state index is 12.7. The van der Waals surface area contributed by atoms with E-state index in [1.807, 2.05) is 20.8 Å². The van der Waals surface area contributed by atoms with Crippen molar-refractivity contribution in [3.05, 3.63) is 11.7 Å². The highest BCUT2D eigenvalue weighted by molar-refractivity contribution is 5.90. The Morgan fingerprint density at radius 3 is 2.55 bits per heavy atom. The van der Waals surface area contributed by atoms with Crippen LogP contribution in [0.15, 0.2) is 4.52 Å². The minimum absolute atomic E-state index is 0.0540. The fraction of sp³-hybridized carbons (Fsp3) is 0.826. The van der Waals surface area contributed by atoms with Crippen molar-refractivity contribution < 1.29 is 23.6 Å². The van der Waals surface area contributed by atoms with E-state index in [0.29, 0.717) is 32.2 Å². The smallest absolute Gasteiger partial charge is 0.307 e. The van der Waals surface area contributed by atoms with Crippen molar-refractivity contribution in [3.63, 3.8) is 0 Å². The highest BCUT2D eigenvalue weighted by Gasteiger charge is 2.29. The van der Waals surface area contributed by atoms with Crippen molar-refractivity contribution in [3.8, 4) is 0 Å². The standard InChI is InChI=1S/C23H37N3O5/c1-23(2,3)30-19(27)16-18(11-7-10-17-8-5-4-6-9-17)21-24-20(25-31-21)22(28)26-12-14-29-15-13-26/h17-18H,4-16H2,1-3H3. The molecule has 1 saturated carbocycles. The summed E-state index contributed by atoms with van der Waals surface area (Å²) in [7, 11) is 0. The summed E-state index contributed by atoms with van der Waals surface area (Å²) < 4.78 is 16.3. The first-order valence-electron chi connectivity index (χ1n) is 11.7. The molecule has 3 rings (SSSR count). The van der Waals surface area contributed by atoms with E-state index in [1.165, 1.54) is 32.1 Å². The second kappa shape index (κ2) is 11.1. The van der Waals surface area contributed by atoms with E-state index >= 15 is 0 Å². The van der Waals surface area contributed by atoms with E-state index in [1.54, 1.807) is 4.90 Å². The second-order valence-electron chi connectivity index (χ2n) is 9.78. The molecule has 8 heteroatoms. The van der Waals surface area contributed by atoms with Gasteiger partial charge in [0, 0.05) is 19.0 Å². The summed E-state index contributed by atoms with van der Waals surface area (Å²) in [6.07, 6.45) is 9.68. The predicted molar refractivity (Wildman–Crippen MR) is 115 cm³/mol. The topological polar surface area (TPSA) is 94.8 Å². The number of aromatic nitrogens is 2. The van der Waals surface area contributed by atoms with Crippen molar-refractivity contribution in [1.82, 2.24) is 15.0 Å². The molecule has 1 amide bonds. The van der Waals surface area contributed by atoms with Gasteiger partial charge in [-0.15, -0.1) is 0 Å². The average molecular weight is 436 g/mol. The van der Waals surface area contributed by atoms with Crippen LogP contribution in [0.5, 0.6) is 0 Å². The van der Waals surface area contributed by atoms with Crippen LogP contribution in [-0.2, 0) is 14.3 Å². The van der Waals surface area contributed by atoms with Crippen LogP contribution in [-0.4, -0.2) is 58.8 Å². The first-order valence-corrected chi connectivity index (χ1v) is 11.7. The number of ether oxygens (including phenoxy) is 2. The van der Waals surface area contributed by atoms with Gasteiger partial charge in [-0.2, -0.15) is 4.98 Å². The molecule has 1 saturated heterocycles. The monoisotopic (exact) mass is 435 g/mol. The van der Waals surface area contributed by atoms with Gasteiger partial charge < -0.3 is 18.9 Å². The molecule has 0 radical (unpaired) electrons. The van der Waals surface area contributed by atoms with Crippen molar-refractivity contribution in [2.75, 3.05) is 26.3 Å². The van der Waals surface area contributed by atoms with Gasteiger partial charge >= 0.3 is 5.97 Å². The summed E-state index contributed by atoms with van der Waals surface area (Å²) in [6.45, 7) is 7.63.